The molecule has 0 radical (unpaired) electrons. The highest BCUT2D eigenvalue weighted by Gasteiger charge is 2.24. The van der Waals surface area contributed by atoms with E-state index in [2.05, 4.69) is 9.97 Å². The number of halogens is 1. The van der Waals surface area contributed by atoms with Crippen molar-refractivity contribution in [2.24, 2.45) is 0 Å². The third kappa shape index (κ3) is 1.46. The summed E-state index contributed by atoms with van der Waals surface area (Å²) in [6.07, 6.45) is 3.36. The average molecular weight is 268 g/mol. The number of hydrogen-bond acceptors (Lipinski definition) is 3. The monoisotopic (exact) mass is 268 g/mol. The third-order valence-electron chi connectivity index (χ3n) is 3.52. The van der Waals surface area contributed by atoms with Gasteiger partial charge in [0.15, 0.2) is 0 Å². The highest BCUT2D eigenvalue weighted by molar-refractivity contribution is 5.98. The molecule has 0 bridgehead atoms. The van der Waals surface area contributed by atoms with E-state index >= 15 is 0 Å². The Morgan fingerprint density at radius 3 is 3.00 bits per heavy atom. The number of carbonyl (C=O) groups is 1. The predicted octanol–water partition coefficient (Wildman–Crippen LogP) is 3.04. The number of rotatable bonds is 1. The van der Waals surface area contributed by atoms with Crippen molar-refractivity contribution in [3.05, 3.63) is 53.6 Å². The highest BCUT2D eigenvalue weighted by atomic mass is 19.1. The molecule has 5 heteroatoms. The maximum atomic E-state index is 14.3. The van der Waals surface area contributed by atoms with Crippen molar-refractivity contribution in [2.45, 2.75) is 6.61 Å². The van der Waals surface area contributed by atoms with Crippen molar-refractivity contribution in [3.63, 3.8) is 0 Å². The Kier molecular flexibility index (Phi) is 2.18. The number of cyclic esters (lactones) is 1. The van der Waals surface area contributed by atoms with E-state index in [-0.39, 0.29) is 12.4 Å². The van der Waals surface area contributed by atoms with Crippen molar-refractivity contribution >= 4 is 17.0 Å². The Morgan fingerprint density at radius 1 is 1.20 bits per heavy atom. The van der Waals surface area contributed by atoms with E-state index in [1.165, 1.54) is 6.07 Å². The molecule has 2 aromatic heterocycles. The molecule has 0 saturated heterocycles. The Bertz CT molecular complexity index is 854. The minimum absolute atomic E-state index is 0.140. The molecule has 0 amide bonds. The Morgan fingerprint density at radius 2 is 2.10 bits per heavy atom. The Balaban J connectivity index is 2.01. The highest BCUT2D eigenvalue weighted by Crippen LogP contribution is 2.33. The van der Waals surface area contributed by atoms with Crippen LogP contribution in [0.1, 0.15) is 15.9 Å². The maximum Gasteiger partial charge on any atom is 0.338 e. The number of pyridine rings is 1. The quantitative estimate of drug-likeness (QED) is 0.690. The molecular weight excluding hydrogens is 259 g/mol. The standard InChI is InChI=1S/C15H9FN2O2/c16-13-5-8-7-20-15(19)11(8)6-12(13)9-1-3-17-14-10(9)2-4-18-14/h1-6H,7H2,(H,17,18). The van der Waals surface area contributed by atoms with Crippen molar-refractivity contribution < 1.29 is 13.9 Å². The second-order valence-corrected chi connectivity index (χ2v) is 4.66. The normalized spacial score (nSPS) is 13.6. The second kappa shape index (κ2) is 3.90. The van der Waals surface area contributed by atoms with Gasteiger partial charge >= 0.3 is 5.97 Å². The van der Waals surface area contributed by atoms with Crippen LogP contribution in [0.3, 0.4) is 0 Å². The van der Waals surface area contributed by atoms with Crippen molar-refractivity contribution in [1.82, 2.24) is 9.97 Å². The predicted molar refractivity (Wildman–Crippen MR) is 70.6 cm³/mol. The minimum atomic E-state index is -0.402. The van der Waals surface area contributed by atoms with Gasteiger partial charge in [0.1, 0.15) is 18.1 Å². The summed E-state index contributed by atoms with van der Waals surface area (Å²) in [6.45, 7) is 0.140. The maximum absolute atomic E-state index is 14.3. The zero-order chi connectivity index (χ0) is 13.7. The fraction of sp³-hybridized carbons (Fsp3) is 0.0667. The molecule has 0 saturated carbocycles. The number of nitrogens with zero attached hydrogens (tertiary/aromatic N) is 1. The molecule has 98 valence electrons. The minimum Gasteiger partial charge on any atom is -0.457 e. The number of H-pyrrole nitrogens is 1. The first kappa shape index (κ1) is 11.2. The summed E-state index contributed by atoms with van der Waals surface area (Å²) >= 11 is 0. The molecule has 0 atom stereocenters. The van der Waals surface area contributed by atoms with E-state index < -0.39 is 5.97 Å². The van der Waals surface area contributed by atoms with E-state index in [1.54, 1.807) is 24.5 Å². The van der Waals surface area contributed by atoms with Crippen LogP contribution in [0.4, 0.5) is 4.39 Å². The summed E-state index contributed by atoms with van der Waals surface area (Å²) in [7, 11) is 0. The SMILES string of the molecule is O=C1OCc2cc(F)c(-c3ccnc4[nH]ccc34)cc21. The molecule has 0 aliphatic carbocycles. The molecule has 3 aromatic rings. The lowest BCUT2D eigenvalue weighted by Crippen LogP contribution is -1.96. The lowest BCUT2D eigenvalue weighted by molar-refractivity contribution is 0.0535. The molecule has 4 rings (SSSR count). The smallest absolute Gasteiger partial charge is 0.338 e. The van der Waals surface area contributed by atoms with Crippen LogP contribution in [0.5, 0.6) is 0 Å². The molecule has 0 spiro atoms. The number of esters is 1. The van der Waals surface area contributed by atoms with Gasteiger partial charge in [-0.1, -0.05) is 0 Å². The van der Waals surface area contributed by atoms with Gasteiger partial charge in [0, 0.05) is 28.9 Å². The van der Waals surface area contributed by atoms with E-state index in [9.17, 15) is 9.18 Å². The van der Waals surface area contributed by atoms with Gasteiger partial charge in [0.25, 0.3) is 0 Å². The third-order valence-corrected chi connectivity index (χ3v) is 3.52. The molecule has 1 aliphatic heterocycles. The molecular formula is C15H9FN2O2. The molecule has 20 heavy (non-hydrogen) atoms. The second-order valence-electron chi connectivity index (χ2n) is 4.66. The van der Waals surface area contributed by atoms with Crippen molar-refractivity contribution in [1.29, 1.82) is 0 Å². The van der Waals surface area contributed by atoms with Gasteiger partial charge in [-0.3, -0.25) is 0 Å². The lowest BCUT2D eigenvalue weighted by atomic mass is 9.98. The summed E-state index contributed by atoms with van der Waals surface area (Å²) < 4.78 is 19.2. The van der Waals surface area contributed by atoms with E-state index in [0.29, 0.717) is 27.9 Å². The Hall–Kier alpha value is -2.69. The van der Waals surface area contributed by atoms with Gasteiger partial charge in [-0.05, 0) is 29.8 Å². The number of fused-ring (bicyclic) bond motifs is 2. The number of benzene rings is 1. The van der Waals surface area contributed by atoms with E-state index in [0.717, 1.165) is 5.39 Å². The largest absolute Gasteiger partial charge is 0.457 e. The van der Waals surface area contributed by atoms with Crippen LogP contribution in [0.25, 0.3) is 22.2 Å². The summed E-state index contributed by atoms with van der Waals surface area (Å²) in [5, 5.41) is 0.817. The number of carbonyl (C=O) groups excluding carboxylic acids is 1. The van der Waals surface area contributed by atoms with Crippen LogP contribution in [-0.2, 0) is 11.3 Å². The van der Waals surface area contributed by atoms with Gasteiger partial charge in [0.05, 0.1) is 5.56 Å². The van der Waals surface area contributed by atoms with Crippen molar-refractivity contribution in [2.75, 3.05) is 0 Å². The van der Waals surface area contributed by atoms with Crippen LogP contribution < -0.4 is 0 Å². The number of ether oxygens (including phenoxy) is 1. The number of aromatic nitrogens is 2. The van der Waals surface area contributed by atoms with Crippen LogP contribution in [0.15, 0.2) is 36.7 Å². The molecule has 0 fully saturated rings. The number of nitrogens with one attached hydrogen (secondary N) is 1. The zero-order valence-electron chi connectivity index (χ0n) is 10.3. The summed E-state index contributed by atoms with van der Waals surface area (Å²) in [4.78, 5) is 18.8. The molecule has 1 N–H and O–H groups in total. The first-order valence-electron chi connectivity index (χ1n) is 6.16. The van der Waals surface area contributed by atoms with Gasteiger partial charge in [-0.2, -0.15) is 0 Å². The van der Waals surface area contributed by atoms with Crippen LogP contribution in [0, 0.1) is 5.82 Å². The van der Waals surface area contributed by atoms with E-state index in [4.69, 9.17) is 4.74 Å². The van der Waals surface area contributed by atoms with Gasteiger partial charge < -0.3 is 9.72 Å². The first-order valence-corrected chi connectivity index (χ1v) is 6.16. The molecule has 4 nitrogen and oxygen atoms in total. The lowest BCUT2D eigenvalue weighted by Gasteiger charge is -2.06. The fourth-order valence-electron chi connectivity index (χ4n) is 2.55. The van der Waals surface area contributed by atoms with Crippen molar-refractivity contribution in [3.8, 4) is 11.1 Å². The van der Waals surface area contributed by atoms with Crippen LogP contribution in [0.2, 0.25) is 0 Å². The molecule has 1 aromatic carbocycles. The molecule has 1 aliphatic rings. The fourth-order valence-corrected chi connectivity index (χ4v) is 2.55. The summed E-state index contributed by atoms with van der Waals surface area (Å²) in [6, 6.07) is 6.50. The topological polar surface area (TPSA) is 55.0 Å². The first-order chi connectivity index (χ1) is 9.74. The number of aromatic amines is 1. The Labute approximate surface area is 113 Å². The summed E-state index contributed by atoms with van der Waals surface area (Å²) in [5.74, 6) is -0.767. The average Bonchev–Trinajstić information content (AvgIpc) is 3.05. The van der Waals surface area contributed by atoms with Crippen LogP contribution >= 0.6 is 0 Å². The van der Waals surface area contributed by atoms with Gasteiger partial charge in [-0.25, -0.2) is 14.2 Å². The molecule has 3 heterocycles. The van der Waals surface area contributed by atoms with E-state index in [1.807, 2.05) is 6.07 Å². The summed E-state index contributed by atoms with van der Waals surface area (Å²) in [5.41, 5.74) is 2.80. The van der Waals surface area contributed by atoms with Crippen LogP contribution in [-0.4, -0.2) is 15.9 Å². The van der Waals surface area contributed by atoms with Gasteiger partial charge in [-0.15, -0.1) is 0 Å². The van der Waals surface area contributed by atoms with Gasteiger partial charge in [0.2, 0.25) is 0 Å². The number of hydrogen-bond donors (Lipinski definition) is 1. The zero-order valence-corrected chi connectivity index (χ0v) is 10.3. The molecule has 0 unspecified atom stereocenters.